The maximum Gasteiger partial charge on any atom is 0.317 e. The predicted octanol–water partition coefficient (Wildman–Crippen LogP) is -0.140. The van der Waals surface area contributed by atoms with Crippen molar-refractivity contribution in [1.82, 2.24) is 15.1 Å². The third kappa shape index (κ3) is 4.79. The smallest absolute Gasteiger partial charge is 0.317 e. The van der Waals surface area contributed by atoms with Crippen LogP contribution in [0.4, 0.5) is 4.79 Å². The summed E-state index contributed by atoms with van der Waals surface area (Å²) in [5.41, 5.74) is 5.44. The van der Waals surface area contributed by atoms with Crippen molar-refractivity contribution < 1.29 is 10.0 Å². The second kappa shape index (κ2) is 7.75. The van der Waals surface area contributed by atoms with Crippen LogP contribution in [-0.2, 0) is 0 Å². The Bertz CT molecular complexity index is 287. The van der Waals surface area contributed by atoms with E-state index in [4.69, 9.17) is 10.9 Å². The van der Waals surface area contributed by atoms with Crippen LogP contribution in [-0.4, -0.2) is 66.1 Å². The second-order valence-corrected chi connectivity index (χ2v) is 4.44. The van der Waals surface area contributed by atoms with Crippen molar-refractivity contribution in [2.45, 2.75) is 19.8 Å². The first-order chi connectivity index (χ1) is 8.67. The molecule has 0 aliphatic carbocycles. The number of oxime groups is 1. The summed E-state index contributed by atoms with van der Waals surface area (Å²) in [4.78, 5) is 15.6. The molecule has 1 aliphatic rings. The summed E-state index contributed by atoms with van der Waals surface area (Å²) in [5, 5.41) is 14.3. The van der Waals surface area contributed by atoms with Crippen molar-refractivity contribution in [2.75, 3.05) is 39.3 Å². The Balaban J connectivity index is 2.24. The molecule has 0 unspecified atom stereocenters. The number of nitrogens with two attached hydrogens (primary N) is 1. The summed E-state index contributed by atoms with van der Waals surface area (Å²) in [6.45, 7) is 6.13. The number of urea groups is 1. The number of carbonyl (C=O) groups is 1. The Morgan fingerprint density at radius 2 is 2.06 bits per heavy atom. The van der Waals surface area contributed by atoms with Gasteiger partial charge in [-0.25, -0.2) is 4.79 Å². The minimum absolute atomic E-state index is 0.00639. The molecule has 18 heavy (non-hydrogen) atoms. The lowest BCUT2D eigenvalue weighted by Gasteiger charge is -2.34. The lowest BCUT2D eigenvalue weighted by atomic mass is 10.3. The van der Waals surface area contributed by atoms with Crippen LogP contribution in [0.15, 0.2) is 5.16 Å². The highest BCUT2D eigenvalue weighted by molar-refractivity contribution is 5.81. The minimum atomic E-state index is 0.00639. The number of piperazine rings is 1. The molecule has 2 amide bonds. The van der Waals surface area contributed by atoms with E-state index in [1.165, 1.54) is 0 Å². The molecule has 1 rings (SSSR count). The normalized spacial score (nSPS) is 17.8. The minimum Gasteiger partial charge on any atom is -0.409 e. The molecular weight excluding hydrogens is 234 g/mol. The van der Waals surface area contributed by atoms with E-state index in [1.54, 1.807) is 4.90 Å². The maximum atomic E-state index is 11.8. The molecule has 1 fully saturated rings. The molecule has 0 spiro atoms. The predicted molar refractivity (Wildman–Crippen MR) is 69.7 cm³/mol. The summed E-state index contributed by atoms with van der Waals surface area (Å²) in [7, 11) is 0. The molecule has 4 N–H and O–H groups in total. The molecule has 0 aromatic carbocycles. The zero-order valence-corrected chi connectivity index (χ0v) is 10.9. The number of amidine groups is 1. The zero-order chi connectivity index (χ0) is 13.4. The van der Waals surface area contributed by atoms with E-state index in [0.29, 0.717) is 19.6 Å². The Kier molecular flexibility index (Phi) is 6.27. The molecular formula is C11H23N5O2. The first kappa shape index (κ1) is 14.6. The topological polar surface area (TPSA) is 94.2 Å². The van der Waals surface area contributed by atoms with Crippen LogP contribution in [0.5, 0.6) is 0 Å². The molecule has 0 aromatic rings. The van der Waals surface area contributed by atoms with Crippen LogP contribution in [0, 0.1) is 0 Å². The van der Waals surface area contributed by atoms with Gasteiger partial charge in [-0.3, -0.25) is 4.90 Å². The summed E-state index contributed by atoms with van der Waals surface area (Å²) in [6.07, 6.45) is 2.09. The SMILES string of the molecule is CCCCNC(=O)N1CCN(CC(N)=NO)CC1. The van der Waals surface area contributed by atoms with E-state index in [9.17, 15) is 4.79 Å². The average molecular weight is 257 g/mol. The molecule has 0 aromatic heterocycles. The Morgan fingerprint density at radius 3 is 2.61 bits per heavy atom. The van der Waals surface area contributed by atoms with Gasteiger partial charge in [-0.15, -0.1) is 0 Å². The van der Waals surface area contributed by atoms with Crippen LogP contribution in [0.25, 0.3) is 0 Å². The zero-order valence-electron chi connectivity index (χ0n) is 10.9. The van der Waals surface area contributed by atoms with Crippen molar-refractivity contribution in [3.63, 3.8) is 0 Å². The number of hydrogen-bond donors (Lipinski definition) is 3. The number of unbranched alkanes of at least 4 members (excludes halogenated alkanes) is 1. The van der Waals surface area contributed by atoms with Gasteiger partial charge >= 0.3 is 6.03 Å². The van der Waals surface area contributed by atoms with Crippen molar-refractivity contribution in [2.24, 2.45) is 10.9 Å². The van der Waals surface area contributed by atoms with E-state index < -0.39 is 0 Å². The van der Waals surface area contributed by atoms with Crippen LogP contribution >= 0.6 is 0 Å². The van der Waals surface area contributed by atoms with E-state index in [-0.39, 0.29) is 11.9 Å². The van der Waals surface area contributed by atoms with Crippen molar-refractivity contribution in [3.05, 3.63) is 0 Å². The Labute approximate surface area is 108 Å². The van der Waals surface area contributed by atoms with Crippen molar-refractivity contribution in [1.29, 1.82) is 0 Å². The molecule has 1 heterocycles. The monoisotopic (exact) mass is 257 g/mol. The van der Waals surface area contributed by atoms with E-state index in [2.05, 4.69) is 22.3 Å². The number of amides is 2. The third-order valence-corrected chi connectivity index (χ3v) is 2.98. The highest BCUT2D eigenvalue weighted by Crippen LogP contribution is 2.01. The summed E-state index contributed by atoms with van der Waals surface area (Å²) in [5.74, 6) is 0.204. The van der Waals surface area contributed by atoms with Crippen LogP contribution in [0.3, 0.4) is 0 Å². The van der Waals surface area contributed by atoms with Crippen molar-refractivity contribution in [3.8, 4) is 0 Å². The molecule has 0 saturated carbocycles. The van der Waals surface area contributed by atoms with Crippen LogP contribution in [0.1, 0.15) is 19.8 Å². The second-order valence-electron chi connectivity index (χ2n) is 4.44. The van der Waals surface area contributed by atoms with E-state index in [0.717, 1.165) is 32.5 Å². The van der Waals surface area contributed by atoms with Gasteiger partial charge in [0.2, 0.25) is 0 Å². The first-order valence-electron chi connectivity index (χ1n) is 6.39. The van der Waals surface area contributed by atoms with Gasteiger partial charge in [-0.1, -0.05) is 18.5 Å². The van der Waals surface area contributed by atoms with Gasteiger partial charge in [0.1, 0.15) is 0 Å². The molecule has 104 valence electrons. The maximum absolute atomic E-state index is 11.8. The number of nitrogens with one attached hydrogen (secondary N) is 1. The highest BCUT2D eigenvalue weighted by atomic mass is 16.4. The molecule has 0 atom stereocenters. The number of hydrogen-bond acceptors (Lipinski definition) is 4. The highest BCUT2D eigenvalue weighted by Gasteiger charge is 2.20. The molecule has 1 aliphatic heterocycles. The summed E-state index contributed by atoms with van der Waals surface area (Å²) >= 11 is 0. The van der Waals surface area contributed by atoms with Crippen LogP contribution < -0.4 is 11.1 Å². The molecule has 7 nitrogen and oxygen atoms in total. The van der Waals surface area contributed by atoms with Gasteiger partial charge in [0.05, 0.1) is 6.54 Å². The van der Waals surface area contributed by atoms with Crippen LogP contribution in [0.2, 0.25) is 0 Å². The Morgan fingerprint density at radius 1 is 1.39 bits per heavy atom. The van der Waals surface area contributed by atoms with E-state index in [1.807, 2.05) is 0 Å². The fourth-order valence-electron chi connectivity index (χ4n) is 1.85. The average Bonchev–Trinajstić information content (AvgIpc) is 2.39. The van der Waals surface area contributed by atoms with Gasteiger partial charge in [-0.05, 0) is 6.42 Å². The van der Waals surface area contributed by atoms with Gasteiger partial charge in [0.25, 0.3) is 0 Å². The Hall–Kier alpha value is -1.50. The van der Waals surface area contributed by atoms with Gasteiger partial charge < -0.3 is 21.2 Å². The van der Waals surface area contributed by atoms with Crippen molar-refractivity contribution >= 4 is 11.9 Å². The first-order valence-corrected chi connectivity index (χ1v) is 6.39. The lowest BCUT2D eigenvalue weighted by molar-refractivity contribution is 0.148. The summed E-state index contributed by atoms with van der Waals surface area (Å²) in [6, 6.07) is 0.00639. The van der Waals surface area contributed by atoms with Gasteiger partial charge in [0.15, 0.2) is 5.84 Å². The molecule has 0 bridgehead atoms. The molecule has 7 heteroatoms. The standard InChI is InChI=1S/C11H23N5O2/c1-2-3-4-13-11(17)16-7-5-15(6-8-16)9-10(12)14-18/h18H,2-9H2,1H3,(H2,12,14)(H,13,17). The molecule has 1 saturated heterocycles. The third-order valence-electron chi connectivity index (χ3n) is 2.98. The summed E-state index contributed by atoms with van der Waals surface area (Å²) < 4.78 is 0. The van der Waals surface area contributed by atoms with E-state index >= 15 is 0 Å². The van der Waals surface area contributed by atoms with Gasteiger partial charge in [0, 0.05) is 32.7 Å². The number of rotatable bonds is 5. The number of nitrogens with zero attached hydrogens (tertiary/aromatic N) is 3. The molecule has 0 radical (unpaired) electrons. The fraction of sp³-hybridized carbons (Fsp3) is 0.818. The quantitative estimate of drug-likeness (QED) is 0.210. The lowest BCUT2D eigenvalue weighted by Crippen LogP contribution is -2.53. The number of carbonyl (C=O) groups excluding carboxylic acids is 1. The van der Waals surface area contributed by atoms with Gasteiger partial charge in [-0.2, -0.15) is 0 Å². The largest absolute Gasteiger partial charge is 0.409 e. The fourth-order valence-corrected chi connectivity index (χ4v) is 1.85.